The molecule has 0 aliphatic rings. The maximum atomic E-state index is 5.65. The Morgan fingerprint density at radius 3 is 2.20 bits per heavy atom. The quantitative estimate of drug-likeness (QED) is 0.565. The lowest BCUT2D eigenvalue weighted by molar-refractivity contribution is 0.0870. The van der Waals surface area contributed by atoms with E-state index in [0.717, 1.165) is 19.8 Å². The van der Waals surface area contributed by atoms with E-state index in [1.807, 2.05) is 7.05 Å². The van der Waals surface area contributed by atoms with Crippen molar-refractivity contribution in [1.82, 2.24) is 5.32 Å². The van der Waals surface area contributed by atoms with Gasteiger partial charge in [0.1, 0.15) is 0 Å². The van der Waals surface area contributed by atoms with E-state index < -0.39 is 0 Å². The highest BCUT2D eigenvalue weighted by atomic mass is 16.5. The molecular formula is C13H29NO. The van der Waals surface area contributed by atoms with Crippen LogP contribution in [-0.4, -0.2) is 26.8 Å². The SMILES string of the molecule is CCCCOCCC(CC)(CC)CNC. The molecule has 92 valence electrons. The molecule has 0 bridgehead atoms. The van der Waals surface area contributed by atoms with Crippen LogP contribution in [0.15, 0.2) is 0 Å². The van der Waals surface area contributed by atoms with E-state index >= 15 is 0 Å². The third-order valence-corrected chi connectivity index (χ3v) is 3.47. The fraction of sp³-hybridized carbons (Fsp3) is 1.00. The van der Waals surface area contributed by atoms with E-state index in [4.69, 9.17) is 4.74 Å². The van der Waals surface area contributed by atoms with Crippen molar-refractivity contribution < 1.29 is 4.74 Å². The molecule has 0 saturated carbocycles. The van der Waals surface area contributed by atoms with Gasteiger partial charge in [0, 0.05) is 19.8 Å². The molecular weight excluding hydrogens is 186 g/mol. The summed E-state index contributed by atoms with van der Waals surface area (Å²) in [6, 6.07) is 0. The summed E-state index contributed by atoms with van der Waals surface area (Å²) in [5.74, 6) is 0. The van der Waals surface area contributed by atoms with Crippen LogP contribution >= 0.6 is 0 Å². The molecule has 15 heavy (non-hydrogen) atoms. The molecule has 0 rings (SSSR count). The van der Waals surface area contributed by atoms with Crippen molar-refractivity contribution >= 4 is 0 Å². The Balaban J connectivity index is 3.74. The molecule has 0 aliphatic heterocycles. The van der Waals surface area contributed by atoms with Crippen LogP contribution in [0.4, 0.5) is 0 Å². The van der Waals surface area contributed by atoms with E-state index in [1.54, 1.807) is 0 Å². The monoisotopic (exact) mass is 215 g/mol. The summed E-state index contributed by atoms with van der Waals surface area (Å²) in [5.41, 5.74) is 0.445. The van der Waals surface area contributed by atoms with Crippen molar-refractivity contribution in [3.8, 4) is 0 Å². The van der Waals surface area contributed by atoms with Gasteiger partial charge in [0.25, 0.3) is 0 Å². The summed E-state index contributed by atoms with van der Waals surface area (Å²) in [6.07, 6.45) is 6.08. The van der Waals surface area contributed by atoms with Crippen molar-refractivity contribution in [2.45, 2.75) is 52.9 Å². The van der Waals surface area contributed by atoms with Gasteiger partial charge in [0.15, 0.2) is 0 Å². The number of ether oxygens (including phenoxy) is 1. The third kappa shape index (κ3) is 6.16. The van der Waals surface area contributed by atoms with Gasteiger partial charge in [-0.1, -0.05) is 27.2 Å². The van der Waals surface area contributed by atoms with Gasteiger partial charge >= 0.3 is 0 Å². The van der Waals surface area contributed by atoms with Gasteiger partial charge in [-0.15, -0.1) is 0 Å². The predicted octanol–water partition coefficient (Wildman–Crippen LogP) is 3.22. The van der Waals surface area contributed by atoms with Crippen LogP contribution in [0.25, 0.3) is 0 Å². The van der Waals surface area contributed by atoms with Gasteiger partial charge in [0.05, 0.1) is 0 Å². The zero-order valence-electron chi connectivity index (χ0n) is 11.1. The van der Waals surface area contributed by atoms with E-state index in [-0.39, 0.29) is 0 Å². The molecule has 0 heterocycles. The number of hydrogen-bond donors (Lipinski definition) is 1. The second kappa shape index (κ2) is 9.17. The average molecular weight is 215 g/mol. The Hall–Kier alpha value is -0.0800. The molecule has 0 aromatic heterocycles. The minimum atomic E-state index is 0.445. The Morgan fingerprint density at radius 2 is 1.73 bits per heavy atom. The topological polar surface area (TPSA) is 21.3 Å². The van der Waals surface area contributed by atoms with Gasteiger partial charge in [0.2, 0.25) is 0 Å². The van der Waals surface area contributed by atoms with Crippen LogP contribution in [0.2, 0.25) is 0 Å². The minimum absolute atomic E-state index is 0.445. The highest BCUT2D eigenvalue weighted by Crippen LogP contribution is 2.29. The van der Waals surface area contributed by atoms with Gasteiger partial charge < -0.3 is 10.1 Å². The highest BCUT2D eigenvalue weighted by molar-refractivity contribution is 4.78. The largest absolute Gasteiger partial charge is 0.381 e. The predicted molar refractivity (Wildman–Crippen MR) is 67.3 cm³/mol. The van der Waals surface area contributed by atoms with Gasteiger partial charge in [-0.05, 0) is 38.1 Å². The first kappa shape index (κ1) is 14.9. The molecule has 0 aliphatic carbocycles. The summed E-state index contributed by atoms with van der Waals surface area (Å²) in [5, 5.41) is 3.31. The first-order valence-electron chi connectivity index (χ1n) is 6.47. The second-order valence-electron chi connectivity index (χ2n) is 4.45. The van der Waals surface area contributed by atoms with Crippen LogP contribution in [-0.2, 0) is 4.74 Å². The van der Waals surface area contributed by atoms with Crippen LogP contribution in [0.3, 0.4) is 0 Å². The first-order valence-corrected chi connectivity index (χ1v) is 6.47. The van der Waals surface area contributed by atoms with Crippen molar-refractivity contribution in [2.75, 3.05) is 26.8 Å². The van der Waals surface area contributed by atoms with E-state index in [9.17, 15) is 0 Å². The molecule has 2 nitrogen and oxygen atoms in total. The molecule has 2 heteroatoms. The van der Waals surface area contributed by atoms with Crippen LogP contribution in [0.1, 0.15) is 52.9 Å². The van der Waals surface area contributed by atoms with Crippen molar-refractivity contribution in [1.29, 1.82) is 0 Å². The molecule has 0 spiro atoms. The Bertz CT molecular complexity index is 132. The zero-order valence-corrected chi connectivity index (χ0v) is 11.1. The number of unbranched alkanes of at least 4 members (excludes halogenated alkanes) is 1. The van der Waals surface area contributed by atoms with Crippen molar-refractivity contribution in [2.24, 2.45) is 5.41 Å². The Kier molecular flexibility index (Phi) is 9.12. The number of hydrogen-bond acceptors (Lipinski definition) is 2. The van der Waals surface area contributed by atoms with E-state index in [1.165, 1.54) is 32.1 Å². The Labute approximate surface area is 95.8 Å². The van der Waals surface area contributed by atoms with Crippen LogP contribution in [0.5, 0.6) is 0 Å². The van der Waals surface area contributed by atoms with Gasteiger partial charge in [-0.2, -0.15) is 0 Å². The first-order chi connectivity index (χ1) is 7.24. The maximum absolute atomic E-state index is 5.65. The maximum Gasteiger partial charge on any atom is 0.0471 e. The fourth-order valence-corrected chi connectivity index (χ4v) is 1.95. The molecule has 0 amide bonds. The average Bonchev–Trinajstić information content (AvgIpc) is 2.27. The number of nitrogens with one attached hydrogen (secondary N) is 1. The molecule has 0 unspecified atom stereocenters. The third-order valence-electron chi connectivity index (χ3n) is 3.47. The highest BCUT2D eigenvalue weighted by Gasteiger charge is 2.24. The van der Waals surface area contributed by atoms with Crippen molar-refractivity contribution in [3.05, 3.63) is 0 Å². The standard InChI is InChI=1S/C13H29NO/c1-5-8-10-15-11-9-13(6-2,7-3)12-14-4/h14H,5-12H2,1-4H3. The molecule has 0 radical (unpaired) electrons. The summed E-state index contributed by atoms with van der Waals surface area (Å²) < 4.78 is 5.65. The summed E-state index contributed by atoms with van der Waals surface area (Å²) >= 11 is 0. The van der Waals surface area contributed by atoms with E-state index in [2.05, 4.69) is 26.1 Å². The fourth-order valence-electron chi connectivity index (χ4n) is 1.95. The van der Waals surface area contributed by atoms with Crippen molar-refractivity contribution in [3.63, 3.8) is 0 Å². The molecule has 0 aromatic rings. The lowest BCUT2D eigenvalue weighted by Gasteiger charge is -2.31. The minimum Gasteiger partial charge on any atom is -0.381 e. The lowest BCUT2D eigenvalue weighted by Crippen LogP contribution is -2.32. The van der Waals surface area contributed by atoms with Crippen LogP contribution < -0.4 is 5.32 Å². The van der Waals surface area contributed by atoms with Gasteiger partial charge in [-0.25, -0.2) is 0 Å². The second-order valence-corrected chi connectivity index (χ2v) is 4.45. The van der Waals surface area contributed by atoms with Crippen LogP contribution in [0, 0.1) is 5.41 Å². The normalized spacial score (nSPS) is 12.0. The van der Waals surface area contributed by atoms with E-state index in [0.29, 0.717) is 5.41 Å². The summed E-state index contributed by atoms with van der Waals surface area (Å²) in [4.78, 5) is 0. The zero-order chi connectivity index (χ0) is 11.6. The number of rotatable bonds is 10. The smallest absolute Gasteiger partial charge is 0.0471 e. The molecule has 0 atom stereocenters. The molecule has 1 N–H and O–H groups in total. The summed E-state index contributed by atoms with van der Waals surface area (Å²) in [6.45, 7) is 9.73. The lowest BCUT2D eigenvalue weighted by atomic mass is 9.79. The molecule has 0 fully saturated rings. The molecule has 0 saturated heterocycles. The Morgan fingerprint density at radius 1 is 1.07 bits per heavy atom. The van der Waals surface area contributed by atoms with Gasteiger partial charge in [-0.3, -0.25) is 0 Å². The summed E-state index contributed by atoms with van der Waals surface area (Å²) in [7, 11) is 2.04. The molecule has 0 aromatic carbocycles.